The molecule has 0 aromatic heterocycles. The Labute approximate surface area is 112 Å². The SMILES string of the molecule is CCCN(CCC)C(O)C(CC(C)C)C(=O)NC. The van der Waals surface area contributed by atoms with Crippen LogP contribution in [-0.4, -0.2) is 42.3 Å². The van der Waals surface area contributed by atoms with Crippen molar-refractivity contribution in [3.63, 3.8) is 0 Å². The second-order valence-electron chi connectivity index (χ2n) is 5.30. The monoisotopic (exact) mass is 258 g/mol. The van der Waals surface area contributed by atoms with Gasteiger partial charge in [0.1, 0.15) is 6.23 Å². The smallest absolute Gasteiger partial charge is 0.226 e. The largest absolute Gasteiger partial charge is 0.378 e. The number of carbonyl (C=O) groups excluding carboxylic acids is 1. The lowest BCUT2D eigenvalue weighted by Crippen LogP contribution is -2.47. The number of nitrogens with zero attached hydrogens (tertiary/aromatic N) is 1. The molecule has 0 radical (unpaired) electrons. The Hall–Kier alpha value is -0.610. The number of aliphatic hydroxyl groups is 1. The standard InChI is InChI=1S/C14H30N2O2/c1-6-8-16(9-7-2)14(18)12(10-11(3)4)13(17)15-5/h11-12,14,18H,6-10H2,1-5H3,(H,15,17). The Kier molecular flexibility index (Phi) is 9.02. The molecule has 0 heterocycles. The van der Waals surface area contributed by atoms with Crippen molar-refractivity contribution in [3.05, 3.63) is 0 Å². The van der Waals surface area contributed by atoms with Gasteiger partial charge in [-0.2, -0.15) is 0 Å². The van der Waals surface area contributed by atoms with Gasteiger partial charge < -0.3 is 10.4 Å². The predicted octanol–water partition coefficient (Wildman–Crippen LogP) is 1.84. The minimum Gasteiger partial charge on any atom is -0.378 e. The highest BCUT2D eigenvalue weighted by atomic mass is 16.3. The third-order valence-electron chi connectivity index (χ3n) is 3.06. The van der Waals surface area contributed by atoms with Gasteiger partial charge >= 0.3 is 0 Å². The van der Waals surface area contributed by atoms with Gasteiger partial charge in [0.2, 0.25) is 5.91 Å². The van der Waals surface area contributed by atoms with E-state index in [2.05, 4.69) is 33.0 Å². The van der Waals surface area contributed by atoms with Crippen LogP contribution in [0.5, 0.6) is 0 Å². The topological polar surface area (TPSA) is 52.6 Å². The van der Waals surface area contributed by atoms with E-state index in [1.54, 1.807) is 7.05 Å². The minimum atomic E-state index is -0.674. The summed E-state index contributed by atoms with van der Waals surface area (Å²) in [4.78, 5) is 13.9. The van der Waals surface area contributed by atoms with Gasteiger partial charge in [0.05, 0.1) is 5.92 Å². The summed E-state index contributed by atoms with van der Waals surface area (Å²) in [5, 5.41) is 13.1. The average molecular weight is 258 g/mol. The number of hydrogen-bond donors (Lipinski definition) is 2. The number of rotatable bonds is 9. The van der Waals surface area contributed by atoms with E-state index in [4.69, 9.17) is 0 Å². The molecule has 2 atom stereocenters. The van der Waals surface area contributed by atoms with Crippen LogP contribution in [0, 0.1) is 11.8 Å². The first-order valence-corrected chi connectivity index (χ1v) is 7.11. The summed E-state index contributed by atoms with van der Waals surface area (Å²) in [7, 11) is 1.63. The quantitative estimate of drug-likeness (QED) is 0.620. The third kappa shape index (κ3) is 5.83. The fourth-order valence-electron chi connectivity index (χ4n) is 2.26. The molecule has 0 aromatic rings. The second-order valence-corrected chi connectivity index (χ2v) is 5.30. The Morgan fingerprint density at radius 1 is 1.22 bits per heavy atom. The van der Waals surface area contributed by atoms with Gasteiger partial charge in [0.25, 0.3) is 0 Å². The highest BCUT2D eigenvalue weighted by Gasteiger charge is 2.30. The molecule has 0 aliphatic rings. The number of hydrogen-bond acceptors (Lipinski definition) is 3. The molecular formula is C14H30N2O2. The molecule has 0 aliphatic heterocycles. The summed E-state index contributed by atoms with van der Waals surface area (Å²) in [6.45, 7) is 10.00. The lowest BCUT2D eigenvalue weighted by molar-refractivity contribution is -0.135. The molecule has 4 nitrogen and oxygen atoms in total. The van der Waals surface area contributed by atoms with Crippen LogP contribution in [0.1, 0.15) is 47.0 Å². The van der Waals surface area contributed by atoms with E-state index in [1.165, 1.54) is 0 Å². The molecule has 0 bridgehead atoms. The fourth-order valence-corrected chi connectivity index (χ4v) is 2.26. The number of carbonyl (C=O) groups is 1. The van der Waals surface area contributed by atoms with Crippen molar-refractivity contribution in [2.24, 2.45) is 11.8 Å². The summed E-state index contributed by atoms with van der Waals surface area (Å²) in [6.07, 6.45) is 2.01. The van der Waals surface area contributed by atoms with Gasteiger partial charge in [0.15, 0.2) is 0 Å². The predicted molar refractivity (Wildman–Crippen MR) is 75.2 cm³/mol. The van der Waals surface area contributed by atoms with Crippen LogP contribution < -0.4 is 5.32 Å². The van der Waals surface area contributed by atoms with Crippen LogP contribution >= 0.6 is 0 Å². The molecule has 0 aromatic carbocycles. The Morgan fingerprint density at radius 2 is 1.72 bits per heavy atom. The second kappa shape index (κ2) is 9.34. The van der Waals surface area contributed by atoms with Crippen molar-refractivity contribution in [3.8, 4) is 0 Å². The van der Waals surface area contributed by atoms with Crippen molar-refractivity contribution < 1.29 is 9.90 Å². The summed E-state index contributed by atoms with van der Waals surface area (Å²) in [5.41, 5.74) is 0. The third-order valence-corrected chi connectivity index (χ3v) is 3.06. The van der Waals surface area contributed by atoms with Crippen LogP contribution in [0.4, 0.5) is 0 Å². The molecule has 0 aliphatic carbocycles. The molecule has 18 heavy (non-hydrogen) atoms. The van der Waals surface area contributed by atoms with E-state index in [1.807, 2.05) is 4.90 Å². The lowest BCUT2D eigenvalue weighted by Gasteiger charge is -2.33. The molecule has 0 saturated carbocycles. The fraction of sp³-hybridized carbons (Fsp3) is 0.929. The molecule has 1 amide bonds. The highest BCUT2D eigenvalue weighted by molar-refractivity contribution is 5.78. The molecular weight excluding hydrogens is 228 g/mol. The highest BCUT2D eigenvalue weighted by Crippen LogP contribution is 2.19. The number of amides is 1. The number of nitrogens with one attached hydrogen (secondary N) is 1. The molecule has 4 heteroatoms. The molecule has 0 spiro atoms. The van der Waals surface area contributed by atoms with E-state index in [0.29, 0.717) is 12.3 Å². The summed E-state index contributed by atoms with van der Waals surface area (Å²) in [6, 6.07) is 0. The van der Waals surface area contributed by atoms with Crippen LogP contribution in [0.2, 0.25) is 0 Å². The van der Waals surface area contributed by atoms with Crippen molar-refractivity contribution in [1.29, 1.82) is 0 Å². The summed E-state index contributed by atoms with van der Waals surface area (Å²) >= 11 is 0. The van der Waals surface area contributed by atoms with Crippen LogP contribution in [0.3, 0.4) is 0 Å². The molecule has 2 N–H and O–H groups in total. The maximum Gasteiger partial charge on any atom is 0.226 e. The zero-order chi connectivity index (χ0) is 14.1. The van der Waals surface area contributed by atoms with Crippen LogP contribution in [0.15, 0.2) is 0 Å². The zero-order valence-electron chi connectivity index (χ0n) is 12.6. The summed E-state index contributed by atoms with van der Waals surface area (Å²) < 4.78 is 0. The van der Waals surface area contributed by atoms with Crippen LogP contribution in [0.25, 0.3) is 0 Å². The van der Waals surface area contributed by atoms with E-state index < -0.39 is 6.23 Å². The van der Waals surface area contributed by atoms with Gasteiger partial charge in [-0.15, -0.1) is 0 Å². The zero-order valence-corrected chi connectivity index (χ0v) is 12.6. The Morgan fingerprint density at radius 3 is 2.06 bits per heavy atom. The maximum atomic E-state index is 11.9. The lowest BCUT2D eigenvalue weighted by atomic mass is 9.93. The Balaban J connectivity index is 4.77. The van der Waals surface area contributed by atoms with Gasteiger partial charge in [-0.25, -0.2) is 0 Å². The molecule has 0 saturated heterocycles. The number of aliphatic hydroxyl groups excluding tert-OH is 1. The maximum absolute atomic E-state index is 11.9. The van der Waals surface area contributed by atoms with E-state index in [0.717, 1.165) is 25.9 Å². The summed E-state index contributed by atoms with van der Waals surface area (Å²) in [5.74, 6) is -0.00596. The van der Waals surface area contributed by atoms with Crippen molar-refractivity contribution in [2.75, 3.05) is 20.1 Å². The van der Waals surface area contributed by atoms with E-state index in [-0.39, 0.29) is 11.8 Å². The first kappa shape index (κ1) is 17.4. The minimum absolute atomic E-state index is 0.0617. The van der Waals surface area contributed by atoms with E-state index >= 15 is 0 Å². The first-order valence-electron chi connectivity index (χ1n) is 7.11. The molecule has 0 rings (SSSR count). The average Bonchev–Trinajstić information content (AvgIpc) is 2.33. The molecule has 0 fully saturated rings. The Bertz CT molecular complexity index is 226. The normalized spacial score (nSPS) is 14.9. The van der Waals surface area contributed by atoms with Crippen molar-refractivity contribution in [1.82, 2.24) is 10.2 Å². The van der Waals surface area contributed by atoms with Gasteiger partial charge in [-0.1, -0.05) is 27.7 Å². The van der Waals surface area contributed by atoms with Gasteiger partial charge in [0, 0.05) is 20.1 Å². The van der Waals surface area contributed by atoms with Crippen LogP contribution in [-0.2, 0) is 4.79 Å². The first-order chi connectivity index (χ1) is 8.47. The molecule has 2 unspecified atom stereocenters. The van der Waals surface area contributed by atoms with Crippen molar-refractivity contribution in [2.45, 2.75) is 53.2 Å². The van der Waals surface area contributed by atoms with Gasteiger partial charge in [-0.3, -0.25) is 9.69 Å². The van der Waals surface area contributed by atoms with Crippen molar-refractivity contribution >= 4 is 5.91 Å². The molecule has 108 valence electrons. The van der Waals surface area contributed by atoms with E-state index in [9.17, 15) is 9.90 Å². The van der Waals surface area contributed by atoms with Gasteiger partial charge in [-0.05, 0) is 25.2 Å².